The van der Waals surface area contributed by atoms with Crippen LogP contribution in [-0.2, 0) is 9.90 Å². The first-order valence-corrected chi connectivity index (χ1v) is 3.46. The largest absolute Gasteiger partial charge is 0.349 e. The number of nitrogens with zero attached hydrogens (tertiary/aromatic N) is 1. The van der Waals surface area contributed by atoms with Crippen molar-refractivity contribution in [2.24, 2.45) is 0 Å². The van der Waals surface area contributed by atoms with E-state index >= 15 is 0 Å². The fraction of sp³-hybridized carbons (Fsp3) is 0.857. The standard InChI is InChI=1S/C7H14NO2/c1-8(2)7(10)5-3-4-6-9/h3-6H2,1-2H3. The molecule has 0 rings (SSSR count). The van der Waals surface area contributed by atoms with Crippen molar-refractivity contribution in [1.29, 1.82) is 0 Å². The number of hydrogen-bond acceptors (Lipinski definition) is 1. The molecule has 59 valence electrons. The van der Waals surface area contributed by atoms with E-state index in [1.807, 2.05) is 0 Å². The second kappa shape index (κ2) is 5.23. The predicted molar refractivity (Wildman–Crippen MR) is 38.1 cm³/mol. The summed E-state index contributed by atoms with van der Waals surface area (Å²) in [6.45, 7) is -0.0687. The molecule has 0 bridgehead atoms. The minimum absolute atomic E-state index is 0.0687. The van der Waals surface area contributed by atoms with Crippen LogP contribution in [0.15, 0.2) is 0 Å². The van der Waals surface area contributed by atoms with Crippen LogP contribution in [0.4, 0.5) is 0 Å². The number of carbonyl (C=O) groups is 1. The van der Waals surface area contributed by atoms with Crippen LogP contribution < -0.4 is 0 Å². The normalized spacial score (nSPS) is 9.50. The van der Waals surface area contributed by atoms with Crippen molar-refractivity contribution in [2.75, 3.05) is 20.7 Å². The van der Waals surface area contributed by atoms with Gasteiger partial charge in [0.25, 0.3) is 0 Å². The van der Waals surface area contributed by atoms with Crippen LogP contribution in [0.1, 0.15) is 19.3 Å². The number of unbranched alkanes of at least 4 members (excludes halogenated alkanes) is 1. The Morgan fingerprint density at radius 2 is 1.90 bits per heavy atom. The Labute approximate surface area is 61.6 Å². The van der Waals surface area contributed by atoms with Gasteiger partial charge in [-0.25, -0.2) is 5.11 Å². The van der Waals surface area contributed by atoms with Gasteiger partial charge in [0.15, 0.2) is 0 Å². The molecule has 0 aromatic heterocycles. The van der Waals surface area contributed by atoms with Crippen molar-refractivity contribution in [1.82, 2.24) is 4.90 Å². The Kier molecular flexibility index (Phi) is 4.94. The van der Waals surface area contributed by atoms with Gasteiger partial charge in [0, 0.05) is 20.5 Å². The van der Waals surface area contributed by atoms with Gasteiger partial charge in [-0.3, -0.25) is 4.79 Å². The van der Waals surface area contributed by atoms with E-state index in [0.717, 1.165) is 6.42 Å². The number of amides is 1. The van der Waals surface area contributed by atoms with Gasteiger partial charge in [-0.2, -0.15) is 0 Å². The van der Waals surface area contributed by atoms with Crippen molar-refractivity contribution in [3.63, 3.8) is 0 Å². The molecule has 0 heterocycles. The Balaban J connectivity index is 3.22. The van der Waals surface area contributed by atoms with E-state index in [2.05, 4.69) is 0 Å². The lowest BCUT2D eigenvalue weighted by Crippen LogP contribution is -2.21. The third-order valence-electron chi connectivity index (χ3n) is 1.28. The summed E-state index contributed by atoms with van der Waals surface area (Å²) < 4.78 is 0. The molecule has 0 aromatic rings. The summed E-state index contributed by atoms with van der Waals surface area (Å²) in [6, 6.07) is 0. The molecule has 0 aliphatic rings. The second-order valence-corrected chi connectivity index (χ2v) is 2.45. The molecule has 0 unspecified atom stereocenters. The van der Waals surface area contributed by atoms with Gasteiger partial charge in [-0.05, 0) is 12.8 Å². The Hall–Kier alpha value is -0.570. The van der Waals surface area contributed by atoms with Gasteiger partial charge < -0.3 is 4.90 Å². The first kappa shape index (κ1) is 9.43. The lowest BCUT2D eigenvalue weighted by molar-refractivity contribution is -0.128. The zero-order chi connectivity index (χ0) is 7.98. The van der Waals surface area contributed by atoms with Gasteiger partial charge in [0.05, 0.1) is 6.61 Å². The Morgan fingerprint density at radius 3 is 2.30 bits per heavy atom. The molecule has 0 spiro atoms. The molecule has 0 aliphatic carbocycles. The average molecular weight is 144 g/mol. The quantitative estimate of drug-likeness (QED) is 0.535. The highest BCUT2D eigenvalue weighted by Crippen LogP contribution is 1.96. The molecule has 0 aliphatic heterocycles. The van der Waals surface area contributed by atoms with Crippen molar-refractivity contribution in [3.8, 4) is 0 Å². The van der Waals surface area contributed by atoms with E-state index in [1.54, 1.807) is 19.0 Å². The minimum atomic E-state index is -0.0687. The fourth-order valence-corrected chi connectivity index (χ4v) is 0.602. The lowest BCUT2D eigenvalue weighted by Gasteiger charge is -2.08. The van der Waals surface area contributed by atoms with Crippen molar-refractivity contribution < 1.29 is 9.90 Å². The van der Waals surface area contributed by atoms with Gasteiger partial charge in [-0.15, -0.1) is 0 Å². The molecule has 0 atom stereocenters. The summed E-state index contributed by atoms with van der Waals surface area (Å²) >= 11 is 0. The van der Waals surface area contributed by atoms with E-state index in [9.17, 15) is 9.90 Å². The van der Waals surface area contributed by atoms with Crippen LogP contribution in [0, 0.1) is 0 Å². The molecule has 1 radical (unpaired) electrons. The molecule has 10 heavy (non-hydrogen) atoms. The minimum Gasteiger partial charge on any atom is -0.349 e. The SMILES string of the molecule is CN(C)C(=O)CCCC[O]. The molecule has 3 nitrogen and oxygen atoms in total. The van der Waals surface area contributed by atoms with E-state index in [1.165, 1.54) is 0 Å². The molecular weight excluding hydrogens is 130 g/mol. The summed E-state index contributed by atoms with van der Waals surface area (Å²) in [4.78, 5) is 12.4. The highest BCUT2D eigenvalue weighted by molar-refractivity contribution is 5.75. The summed E-state index contributed by atoms with van der Waals surface area (Å²) in [5.41, 5.74) is 0. The van der Waals surface area contributed by atoms with Crippen LogP contribution in [0.25, 0.3) is 0 Å². The van der Waals surface area contributed by atoms with Crippen molar-refractivity contribution in [2.45, 2.75) is 19.3 Å². The Morgan fingerprint density at radius 1 is 1.30 bits per heavy atom. The summed E-state index contributed by atoms with van der Waals surface area (Å²) in [5.74, 6) is 0.105. The highest BCUT2D eigenvalue weighted by atomic mass is 16.2. The molecule has 0 saturated heterocycles. The van der Waals surface area contributed by atoms with E-state index in [0.29, 0.717) is 12.8 Å². The molecule has 0 N–H and O–H groups in total. The second-order valence-electron chi connectivity index (χ2n) is 2.45. The van der Waals surface area contributed by atoms with Gasteiger partial charge >= 0.3 is 0 Å². The van der Waals surface area contributed by atoms with E-state index in [4.69, 9.17) is 0 Å². The molecule has 0 saturated carbocycles. The number of rotatable bonds is 4. The van der Waals surface area contributed by atoms with Gasteiger partial charge in [0.1, 0.15) is 0 Å². The van der Waals surface area contributed by atoms with Crippen molar-refractivity contribution in [3.05, 3.63) is 0 Å². The van der Waals surface area contributed by atoms with Gasteiger partial charge in [-0.1, -0.05) is 0 Å². The Bertz CT molecular complexity index is 102. The maximum atomic E-state index is 10.8. The van der Waals surface area contributed by atoms with Crippen LogP contribution in [0.5, 0.6) is 0 Å². The zero-order valence-corrected chi connectivity index (χ0v) is 6.59. The van der Waals surface area contributed by atoms with Crippen LogP contribution in [-0.4, -0.2) is 31.5 Å². The fourth-order valence-electron chi connectivity index (χ4n) is 0.602. The molecule has 3 heteroatoms. The van der Waals surface area contributed by atoms with E-state index in [-0.39, 0.29) is 12.5 Å². The first-order valence-electron chi connectivity index (χ1n) is 3.46. The van der Waals surface area contributed by atoms with Crippen molar-refractivity contribution >= 4 is 5.91 Å². The molecular formula is C7H14NO2. The average Bonchev–Trinajstić information content (AvgIpc) is 1.88. The third-order valence-corrected chi connectivity index (χ3v) is 1.28. The molecule has 0 aromatic carbocycles. The summed E-state index contributed by atoms with van der Waals surface area (Å²) in [5, 5.41) is 9.96. The number of carbonyl (C=O) groups excluding carboxylic acids is 1. The smallest absolute Gasteiger partial charge is 0.222 e. The van der Waals surface area contributed by atoms with Crippen LogP contribution >= 0.6 is 0 Å². The summed E-state index contributed by atoms with van der Waals surface area (Å²) in [6.07, 6.45) is 1.84. The zero-order valence-electron chi connectivity index (χ0n) is 6.59. The monoisotopic (exact) mass is 144 g/mol. The third kappa shape index (κ3) is 4.32. The summed E-state index contributed by atoms with van der Waals surface area (Å²) in [7, 11) is 3.44. The number of hydrogen-bond donors (Lipinski definition) is 0. The maximum absolute atomic E-state index is 10.8. The van der Waals surface area contributed by atoms with Gasteiger partial charge in [0.2, 0.25) is 5.91 Å². The maximum Gasteiger partial charge on any atom is 0.222 e. The predicted octanol–water partition coefficient (Wildman–Crippen LogP) is 0.675. The topological polar surface area (TPSA) is 40.2 Å². The van der Waals surface area contributed by atoms with Crippen LogP contribution in [0.2, 0.25) is 0 Å². The molecule has 1 amide bonds. The first-order chi connectivity index (χ1) is 4.68. The highest BCUT2D eigenvalue weighted by Gasteiger charge is 2.01. The lowest BCUT2D eigenvalue weighted by atomic mass is 10.2. The van der Waals surface area contributed by atoms with E-state index < -0.39 is 0 Å². The van der Waals surface area contributed by atoms with Crippen LogP contribution in [0.3, 0.4) is 0 Å². The molecule has 0 fully saturated rings.